The predicted octanol–water partition coefficient (Wildman–Crippen LogP) is 1.98. The summed E-state index contributed by atoms with van der Waals surface area (Å²) in [7, 11) is 0. The Hall–Kier alpha value is -1.85. The molecule has 0 aromatic carbocycles. The van der Waals surface area contributed by atoms with Crippen molar-refractivity contribution in [2.24, 2.45) is 0 Å². The zero-order valence-electron chi connectivity index (χ0n) is 13.3. The zero-order valence-corrected chi connectivity index (χ0v) is 13.3. The van der Waals surface area contributed by atoms with E-state index in [0.717, 1.165) is 57.8 Å². The third kappa shape index (κ3) is 3.26. The summed E-state index contributed by atoms with van der Waals surface area (Å²) in [5.41, 5.74) is 4.96. The van der Waals surface area contributed by atoms with E-state index in [-0.39, 0.29) is 0 Å². The molecule has 1 saturated heterocycles. The molecule has 120 valence electrons. The highest BCUT2D eigenvalue weighted by atomic mass is 16.5. The molecule has 0 spiro atoms. The summed E-state index contributed by atoms with van der Waals surface area (Å²) >= 11 is 0. The van der Waals surface area contributed by atoms with Crippen molar-refractivity contribution >= 4 is 0 Å². The van der Waals surface area contributed by atoms with E-state index >= 15 is 0 Å². The van der Waals surface area contributed by atoms with Crippen molar-refractivity contribution in [2.75, 3.05) is 26.3 Å². The van der Waals surface area contributed by atoms with Gasteiger partial charge >= 0.3 is 0 Å². The van der Waals surface area contributed by atoms with Crippen molar-refractivity contribution in [2.45, 2.75) is 31.7 Å². The lowest BCUT2D eigenvalue weighted by Gasteiger charge is -2.19. The van der Waals surface area contributed by atoms with E-state index in [0.29, 0.717) is 5.92 Å². The molecule has 4 rings (SSSR count). The van der Waals surface area contributed by atoms with Gasteiger partial charge in [-0.05, 0) is 30.5 Å². The topological polar surface area (TPSA) is 51.1 Å². The quantitative estimate of drug-likeness (QED) is 0.867. The van der Waals surface area contributed by atoms with E-state index in [1.165, 1.54) is 17.0 Å². The lowest BCUT2D eigenvalue weighted by molar-refractivity contribution is 0.193. The van der Waals surface area contributed by atoms with Crippen LogP contribution in [0.25, 0.3) is 0 Å². The number of aromatic nitrogens is 3. The molecule has 0 radical (unpaired) electrons. The monoisotopic (exact) mass is 310 g/mol. The molecule has 0 unspecified atom stereocenters. The Labute approximate surface area is 136 Å². The first-order valence-corrected chi connectivity index (χ1v) is 8.43. The third-order valence-corrected chi connectivity index (χ3v) is 4.84. The van der Waals surface area contributed by atoms with Crippen LogP contribution in [0.15, 0.2) is 30.7 Å². The highest BCUT2D eigenvalue weighted by Gasteiger charge is 2.25. The van der Waals surface area contributed by atoms with Gasteiger partial charge in [-0.2, -0.15) is 0 Å². The Balaban J connectivity index is 1.51. The molecule has 0 aliphatic carbocycles. The molecule has 0 N–H and O–H groups in total. The zero-order chi connectivity index (χ0) is 15.5. The molecule has 1 fully saturated rings. The van der Waals surface area contributed by atoms with E-state index in [1.54, 1.807) is 6.33 Å². The maximum Gasteiger partial charge on any atom is 0.115 e. The van der Waals surface area contributed by atoms with Crippen LogP contribution in [0, 0.1) is 0 Å². The maximum absolute atomic E-state index is 5.55. The smallest absolute Gasteiger partial charge is 0.115 e. The Morgan fingerprint density at radius 1 is 1.13 bits per heavy atom. The number of pyridine rings is 1. The average molecular weight is 310 g/mol. The molecule has 0 saturated carbocycles. The van der Waals surface area contributed by atoms with Crippen molar-refractivity contribution in [1.82, 2.24) is 19.9 Å². The van der Waals surface area contributed by atoms with Crippen LogP contribution in [-0.2, 0) is 24.1 Å². The van der Waals surface area contributed by atoms with E-state index in [9.17, 15) is 0 Å². The molecule has 1 atom stereocenters. The number of hydrogen-bond donors (Lipinski definition) is 0. The summed E-state index contributed by atoms with van der Waals surface area (Å²) < 4.78 is 5.55. The van der Waals surface area contributed by atoms with Gasteiger partial charge in [0, 0.05) is 50.5 Å². The first kappa shape index (κ1) is 14.7. The van der Waals surface area contributed by atoms with Crippen LogP contribution >= 0.6 is 0 Å². The second kappa shape index (κ2) is 6.72. The van der Waals surface area contributed by atoms with Gasteiger partial charge in [-0.15, -0.1) is 0 Å². The maximum atomic E-state index is 5.55. The highest BCUT2D eigenvalue weighted by Crippen LogP contribution is 2.29. The lowest BCUT2D eigenvalue weighted by atomic mass is 9.96. The van der Waals surface area contributed by atoms with Crippen molar-refractivity contribution in [3.63, 3.8) is 0 Å². The molecule has 2 aliphatic rings. The minimum atomic E-state index is 0.453. The minimum Gasteiger partial charge on any atom is -0.381 e. The molecule has 5 nitrogen and oxygen atoms in total. The second-order valence-corrected chi connectivity index (χ2v) is 6.34. The van der Waals surface area contributed by atoms with Crippen LogP contribution in [0.2, 0.25) is 0 Å². The second-order valence-electron chi connectivity index (χ2n) is 6.34. The van der Waals surface area contributed by atoms with E-state index in [4.69, 9.17) is 4.74 Å². The van der Waals surface area contributed by atoms with E-state index in [1.807, 2.05) is 12.3 Å². The van der Waals surface area contributed by atoms with Crippen LogP contribution in [-0.4, -0.2) is 46.2 Å². The molecule has 0 bridgehead atoms. The van der Waals surface area contributed by atoms with Crippen molar-refractivity contribution < 1.29 is 4.74 Å². The number of nitrogens with zero attached hydrogens (tertiary/aromatic N) is 4. The lowest BCUT2D eigenvalue weighted by Crippen LogP contribution is -2.26. The Bertz CT molecular complexity index is 655. The normalized spacial score (nSPS) is 21.8. The Morgan fingerprint density at radius 3 is 2.91 bits per heavy atom. The summed E-state index contributed by atoms with van der Waals surface area (Å²) in [6.07, 6.45) is 6.70. The molecular formula is C18H22N4O. The van der Waals surface area contributed by atoms with Gasteiger partial charge in [-0.25, -0.2) is 9.97 Å². The van der Waals surface area contributed by atoms with Crippen LogP contribution in [0.1, 0.15) is 35.0 Å². The first-order chi connectivity index (χ1) is 11.4. The van der Waals surface area contributed by atoms with Crippen molar-refractivity contribution in [1.29, 1.82) is 0 Å². The van der Waals surface area contributed by atoms with Gasteiger partial charge in [0.1, 0.15) is 6.33 Å². The Morgan fingerprint density at radius 2 is 2.09 bits per heavy atom. The highest BCUT2D eigenvalue weighted by molar-refractivity contribution is 5.30. The fourth-order valence-corrected chi connectivity index (χ4v) is 3.58. The summed E-state index contributed by atoms with van der Waals surface area (Å²) in [4.78, 5) is 16.1. The number of hydrogen-bond acceptors (Lipinski definition) is 5. The minimum absolute atomic E-state index is 0.453. The molecule has 2 aliphatic heterocycles. The number of ether oxygens (including phenoxy) is 1. The first-order valence-electron chi connectivity index (χ1n) is 8.43. The van der Waals surface area contributed by atoms with Crippen LogP contribution in [0.5, 0.6) is 0 Å². The summed E-state index contributed by atoms with van der Waals surface area (Å²) in [6.45, 7) is 4.64. The summed E-state index contributed by atoms with van der Waals surface area (Å²) in [5, 5.41) is 0. The molecule has 2 aromatic heterocycles. The van der Waals surface area contributed by atoms with Gasteiger partial charge < -0.3 is 4.74 Å². The molecule has 5 heteroatoms. The number of rotatable bonds is 3. The van der Waals surface area contributed by atoms with Gasteiger partial charge in [0.15, 0.2) is 0 Å². The van der Waals surface area contributed by atoms with Crippen LogP contribution in [0.4, 0.5) is 0 Å². The van der Waals surface area contributed by atoms with Crippen molar-refractivity contribution in [3.05, 3.63) is 53.4 Å². The summed E-state index contributed by atoms with van der Waals surface area (Å²) in [5.74, 6) is 0.453. The van der Waals surface area contributed by atoms with E-state index < -0.39 is 0 Å². The SMILES string of the molecule is c1ccc(CN2CCc3ncnc([C@H]4CCOC4)c3CC2)nc1. The van der Waals surface area contributed by atoms with Crippen LogP contribution < -0.4 is 0 Å². The van der Waals surface area contributed by atoms with Gasteiger partial charge in [0.05, 0.1) is 18.0 Å². The predicted molar refractivity (Wildman–Crippen MR) is 87.1 cm³/mol. The van der Waals surface area contributed by atoms with Gasteiger partial charge in [0.25, 0.3) is 0 Å². The summed E-state index contributed by atoms with van der Waals surface area (Å²) in [6, 6.07) is 6.12. The molecular weight excluding hydrogens is 288 g/mol. The molecule has 0 amide bonds. The Kier molecular flexibility index (Phi) is 4.30. The number of fused-ring (bicyclic) bond motifs is 1. The standard InChI is InChI=1S/C18H22N4O/c1-2-7-19-15(3-1)11-22-8-4-16-17(5-9-22)20-13-21-18(16)14-6-10-23-12-14/h1-3,7,13-14H,4-6,8-12H2/t14-/m0/s1. The van der Waals surface area contributed by atoms with Crippen LogP contribution in [0.3, 0.4) is 0 Å². The molecule has 2 aromatic rings. The third-order valence-electron chi connectivity index (χ3n) is 4.84. The largest absolute Gasteiger partial charge is 0.381 e. The average Bonchev–Trinajstić information content (AvgIpc) is 3.05. The van der Waals surface area contributed by atoms with Crippen molar-refractivity contribution in [3.8, 4) is 0 Å². The van der Waals surface area contributed by atoms with Gasteiger partial charge in [-0.3, -0.25) is 9.88 Å². The van der Waals surface area contributed by atoms with Gasteiger partial charge in [-0.1, -0.05) is 6.07 Å². The molecule has 23 heavy (non-hydrogen) atoms. The fourth-order valence-electron chi connectivity index (χ4n) is 3.58. The molecule has 4 heterocycles. The fraction of sp³-hybridized carbons (Fsp3) is 0.500. The van der Waals surface area contributed by atoms with E-state index in [2.05, 4.69) is 32.0 Å². The van der Waals surface area contributed by atoms with Gasteiger partial charge in [0.2, 0.25) is 0 Å².